The number of carbonyl (C=O) groups is 4. The number of nitrogens with zero attached hydrogens (tertiary/aromatic N) is 1. The number of aromatic hydroxyl groups is 2. The first kappa shape index (κ1) is 37.1. The minimum Gasteiger partial charge on any atom is -0.507 e. The molecular weight excluding hydrogens is 715 g/mol. The Kier molecular flexibility index (Phi) is 9.62. The molecule has 6 atom stereocenters. The third-order valence-corrected chi connectivity index (χ3v) is 9.25. The molecular formula is C34H30F3N3O13. The molecule has 1 heterocycles. The van der Waals surface area contributed by atoms with Gasteiger partial charge in [0.25, 0.3) is 5.69 Å². The molecule has 0 aromatic heterocycles. The number of anilines is 1. The fourth-order valence-corrected chi connectivity index (χ4v) is 6.72. The number of ketones is 2. The lowest BCUT2D eigenvalue weighted by Gasteiger charge is -2.43. The minimum atomic E-state index is -5.29. The summed E-state index contributed by atoms with van der Waals surface area (Å²) in [6.07, 6.45) is -14.1. The van der Waals surface area contributed by atoms with Gasteiger partial charge >= 0.3 is 18.2 Å². The number of nitro groups is 1. The SMILES string of the molecule is C[C@H]1O[C@@H](O[C@H]2CC(O)(COC(=O)Nc3ccc([N+](=O)[O-])cc3)Cc3c(O)c4c(c(O)c32)C(=O)c2ccccc2C4=O)C[C@H](NC(=O)C(F)(F)F)[C@H]1O. The van der Waals surface area contributed by atoms with Crippen LogP contribution in [0.25, 0.3) is 0 Å². The summed E-state index contributed by atoms with van der Waals surface area (Å²) in [7, 11) is 0. The lowest BCUT2D eigenvalue weighted by Crippen LogP contribution is -2.57. The van der Waals surface area contributed by atoms with Crippen molar-refractivity contribution >= 4 is 34.9 Å². The van der Waals surface area contributed by atoms with Crippen LogP contribution in [0, 0.1) is 10.1 Å². The Morgan fingerprint density at radius 1 is 1.04 bits per heavy atom. The number of nitro benzene ring substituents is 1. The first-order chi connectivity index (χ1) is 24.9. The number of rotatable bonds is 7. The molecule has 1 unspecified atom stereocenters. The number of alkyl halides is 3. The van der Waals surface area contributed by atoms with Gasteiger partial charge in [0, 0.05) is 59.3 Å². The molecule has 0 bridgehead atoms. The van der Waals surface area contributed by atoms with Crippen molar-refractivity contribution in [2.75, 3.05) is 11.9 Å². The van der Waals surface area contributed by atoms with E-state index in [-0.39, 0.29) is 33.6 Å². The van der Waals surface area contributed by atoms with Crippen LogP contribution in [0.1, 0.15) is 68.8 Å². The average Bonchev–Trinajstić information content (AvgIpc) is 3.09. The molecule has 19 heteroatoms. The first-order valence-electron chi connectivity index (χ1n) is 15.9. The maximum atomic E-state index is 13.6. The lowest BCUT2D eigenvalue weighted by molar-refractivity contribution is -0.384. The molecule has 3 aromatic carbocycles. The molecule has 6 rings (SSSR count). The van der Waals surface area contributed by atoms with Crippen LogP contribution in [0.2, 0.25) is 0 Å². The molecule has 6 N–H and O–H groups in total. The van der Waals surface area contributed by atoms with Gasteiger partial charge < -0.3 is 40.0 Å². The van der Waals surface area contributed by atoms with Gasteiger partial charge in [-0.3, -0.25) is 29.8 Å². The van der Waals surface area contributed by atoms with E-state index in [2.05, 4.69) is 5.32 Å². The average molecular weight is 746 g/mol. The van der Waals surface area contributed by atoms with Gasteiger partial charge in [-0.15, -0.1) is 0 Å². The molecule has 0 radical (unpaired) electrons. The Morgan fingerprint density at radius 3 is 2.23 bits per heavy atom. The molecule has 1 fully saturated rings. The van der Waals surface area contributed by atoms with E-state index in [0.29, 0.717) is 0 Å². The Balaban J connectivity index is 1.34. The van der Waals surface area contributed by atoms with E-state index in [1.54, 1.807) is 5.32 Å². The van der Waals surface area contributed by atoms with E-state index in [9.17, 15) is 62.9 Å². The zero-order valence-electron chi connectivity index (χ0n) is 27.4. The van der Waals surface area contributed by atoms with Crippen molar-refractivity contribution in [3.05, 3.63) is 92.0 Å². The zero-order valence-corrected chi connectivity index (χ0v) is 27.4. The number of fused-ring (bicyclic) bond motifs is 3. The maximum Gasteiger partial charge on any atom is 0.471 e. The molecule has 3 aliphatic rings. The molecule has 53 heavy (non-hydrogen) atoms. The van der Waals surface area contributed by atoms with E-state index >= 15 is 0 Å². The molecule has 3 aromatic rings. The molecule has 16 nitrogen and oxygen atoms in total. The number of hydrogen-bond donors (Lipinski definition) is 6. The molecule has 0 spiro atoms. The summed E-state index contributed by atoms with van der Waals surface area (Å²) >= 11 is 0. The second-order valence-corrected chi connectivity index (χ2v) is 12.9. The van der Waals surface area contributed by atoms with Crippen LogP contribution in [-0.2, 0) is 25.4 Å². The summed E-state index contributed by atoms with van der Waals surface area (Å²) < 4.78 is 56.1. The summed E-state index contributed by atoms with van der Waals surface area (Å²) in [4.78, 5) is 61.9. The van der Waals surface area contributed by atoms with Crippen LogP contribution in [0.5, 0.6) is 11.5 Å². The molecule has 1 aliphatic heterocycles. The first-order valence-corrected chi connectivity index (χ1v) is 15.9. The molecule has 0 saturated carbocycles. The van der Waals surface area contributed by atoms with Crippen molar-refractivity contribution in [3.8, 4) is 11.5 Å². The molecule has 280 valence electrons. The summed E-state index contributed by atoms with van der Waals surface area (Å²) in [6, 6.07) is 8.80. The predicted molar refractivity (Wildman–Crippen MR) is 171 cm³/mol. The quantitative estimate of drug-likeness (QED) is 0.0905. The third kappa shape index (κ3) is 7.10. The van der Waals surface area contributed by atoms with Crippen LogP contribution in [-0.4, -0.2) is 91.8 Å². The van der Waals surface area contributed by atoms with E-state index < -0.39 is 119 Å². The number of benzene rings is 3. The van der Waals surface area contributed by atoms with E-state index in [4.69, 9.17) is 14.2 Å². The van der Waals surface area contributed by atoms with Crippen molar-refractivity contribution in [1.82, 2.24) is 5.32 Å². The van der Waals surface area contributed by atoms with E-state index in [1.165, 1.54) is 43.3 Å². The van der Waals surface area contributed by atoms with Crippen molar-refractivity contribution < 1.29 is 71.9 Å². The summed E-state index contributed by atoms with van der Waals surface area (Å²) in [5.74, 6) is -5.58. The largest absolute Gasteiger partial charge is 0.507 e. The topological polar surface area (TPSA) is 244 Å². The Bertz CT molecular complexity index is 2020. The molecule has 2 aliphatic carbocycles. The number of non-ortho nitro benzene ring substituents is 1. The summed E-state index contributed by atoms with van der Waals surface area (Å²) in [5.41, 5.74) is -4.13. The highest BCUT2D eigenvalue weighted by atomic mass is 19.4. The highest BCUT2D eigenvalue weighted by molar-refractivity contribution is 6.30. The van der Waals surface area contributed by atoms with Gasteiger partial charge in [0.2, 0.25) is 0 Å². The van der Waals surface area contributed by atoms with Crippen LogP contribution in [0.4, 0.5) is 29.3 Å². The Hall–Kier alpha value is -5.63. The smallest absolute Gasteiger partial charge is 0.471 e. The fraction of sp³-hybridized carbons (Fsp3) is 0.353. The summed E-state index contributed by atoms with van der Waals surface area (Å²) in [6.45, 7) is 0.472. The van der Waals surface area contributed by atoms with Gasteiger partial charge in [0.05, 0.1) is 34.3 Å². The number of nitrogens with one attached hydrogen (secondary N) is 2. The highest BCUT2D eigenvalue weighted by Gasteiger charge is 2.49. The standard InChI is InChI=1S/C34H30F3N3O13/c1-14-26(41)20(39-31(46)34(35,36)37)10-22(52-14)53-21-12-33(48,13-51-32(47)38-15-6-8-16(9-7-15)40(49)50)11-19-23(21)30(45)25-24(29(19)44)27(42)17-4-2-3-5-18(17)28(25)43/h2-9,14,20-22,26,41,44-45,48H,10-13H2,1H3,(H,38,47)(H,39,46)/t14-,20+,21+,22+,26+,33?/m1/s1. The number of halogens is 3. The number of amides is 2. The number of hydrogen-bond acceptors (Lipinski definition) is 13. The van der Waals surface area contributed by atoms with Gasteiger partial charge in [-0.2, -0.15) is 13.2 Å². The fourth-order valence-electron chi connectivity index (χ4n) is 6.72. The van der Waals surface area contributed by atoms with Crippen molar-refractivity contribution in [2.45, 2.75) is 68.6 Å². The maximum absolute atomic E-state index is 13.6. The van der Waals surface area contributed by atoms with Gasteiger partial charge in [-0.1, -0.05) is 24.3 Å². The zero-order chi connectivity index (χ0) is 38.6. The number of phenols is 2. The number of aliphatic hydroxyl groups excluding tert-OH is 1. The van der Waals surface area contributed by atoms with Crippen LogP contribution in [0.15, 0.2) is 48.5 Å². The predicted octanol–water partition coefficient (Wildman–Crippen LogP) is 3.31. The Labute approximate surface area is 296 Å². The van der Waals surface area contributed by atoms with E-state index in [1.807, 2.05) is 0 Å². The number of aliphatic hydroxyl groups is 2. The number of carbonyl (C=O) groups excluding carboxylic acids is 4. The van der Waals surface area contributed by atoms with Crippen LogP contribution >= 0.6 is 0 Å². The monoisotopic (exact) mass is 745 g/mol. The van der Waals surface area contributed by atoms with Crippen molar-refractivity contribution in [2.24, 2.45) is 0 Å². The van der Waals surface area contributed by atoms with Gasteiger partial charge in [-0.25, -0.2) is 4.79 Å². The van der Waals surface area contributed by atoms with Crippen LogP contribution < -0.4 is 10.6 Å². The van der Waals surface area contributed by atoms with Crippen molar-refractivity contribution in [3.63, 3.8) is 0 Å². The number of ether oxygens (including phenoxy) is 3. The van der Waals surface area contributed by atoms with Gasteiger partial charge in [-0.05, 0) is 19.1 Å². The minimum absolute atomic E-state index is 0.0696. The third-order valence-electron chi connectivity index (χ3n) is 9.25. The molecule has 1 saturated heterocycles. The van der Waals surface area contributed by atoms with E-state index in [0.717, 1.165) is 12.1 Å². The second-order valence-electron chi connectivity index (χ2n) is 12.9. The summed E-state index contributed by atoms with van der Waals surface area (Å²) in [5, 5.41) is 60.5. The van der Waals surface area contributed by atoms with Crippen LogP contribution in [0.3, 0.4) is 0 Å². The van der Waals surface area contributed by atoms with Crippen molar-refractivity contribution in [1.29, 1.82) is 0 Å². The normalized spacial score (nSPS) is 25.1. The lowest BCUT2D eigenvalue weighted by atomic mass is 9.73. The Morgan fingerprint density at radius 2 is 1.64 bits per heavy atom. The van der Waals surface area contributed by atoms with Gasteiger partial charge in [0.15, 0.2) is 17.9 Å². The highest BCUT2D eigenvalue weighted by Crippen LogP contribution is 2.52. The second kappa shape index (κ2) is 13.7. The molecule has 2 amide bonds. The number of phenolic OH excluding ortho intramolecular Hbond substituents is 2. The van der Waals surface area contributed by atoms with Gasteiger partial charge in [0.1, 0.15) is 29.8 Å².